The zero-order valence-electron chi connectivity index (χ0n) is 6.32. The van der Waals surface area contributed by atoms with Crippen LogP contribution in [-0.2, 0) is 10.2 Å². The molecule has 11 heavy (non-hydrogen) atoms. The fourth-order valence-electron chi connectivity index (χ4n) is 1.06. The minimum atomic E-state index is -3.69. The Morgan fingerprint density at radius 2 is 2.27 bits per heavy atom. The Bertz CT molecular complexity index is 269. The zero-order valence-corrected chi connectivity index (χ0v) is 7.13. The minimum absolute atomic E-state index is 0.563. The van der Waals surface area contributed by atoms with Gasteiger partial charge in [0.05, 0.1) is 0 Å². The second kappa shape index (κ2) is 2.78. The molecular formula is C5H11N3O2S. The molecule has 0 unspecified atom stereocenters. The average molecular weight is 177 g/mol. The number of hydrogen-bond acceptors (Lipinski definition) is 2. The van der Waals surface area contributed by atoms with Crippen LogP contribution in [0.1, 0.15) is 12.8 Å². The molecule has 5 nitrogen and oxygen atoms in total. The van der Waals surface area contributed by atoms with E-state index in [-0.39, 0.29) is 0 Å². The molecule has 0 aromatic heterocycles. The molecule has 1 aliphatic rings. The van der Waals surface area contributed by atoms with Gasteiger partial charge in [-0.05, 0) is 6.42 Å². The highest BCUT2D eigenvalue weighted by molar-refractivity contribution is 7.88. The molecule has 1 fully saturated rings. The molecule has 6 heteroatoms. The van der Waals surface area contributed by atoms with Crippen LogP contribution >= 0.6 is 0 Å². The Morgan fingerprint density at radius 3 is 2.64 bits per heavy atom. The molecule has 0 aliphatic carbocycles. The van der Waals surface area contributed by atoms with E-state index in [4.69, 9.17) is 5.14 Å². The van der Waals surface area contributed by atoms with Gasteiger partial charge in [-0.3, -0.25) is 0 Å². The molecule has 0 aromatic carbocycles. The quantitative estimate of drug-likeness (QED) is 0.576. The van der Waals surface area contributed by atoms with Crippen molar-refractivity contribution in [3.63, 3.8) is 0 Å². The molecule has 0 radical (unpaired) electrons. The van der Waals surface area contributed by atoms with Crippen molar-refractivity contribution in [2.75, 3.05) is 13.6 Å². The van der Waals surface area contributed by atoms with Crippen LogP contribution in [0.4, 0.5) is 0 Å². The van der Waals surface area contributed by atoms with Gasteiger partial charge in [0, 0.05) is 20.0 Å². The van der Waals surface area contributed by atoms with Gasteiger partial charge >= 0.3 is 10.2 Å². The maximum atomic E-state index is 10.5. The normalized spacial score (nSPS) is 23.1. The fourth-order valence-corrected chi connectivity index (χ4v) is 1.58. The molecule has 1 saturated heterocycles. The molecule has 0 saturated carbocycles. The van der Waals surface area contributed by atoms with Crippen LogP contribution in [-0.4, -0.2) is 32.7 Å². The van der Waals surface area contributed by atoms with Crippen LogP contribution in [0.15, 0.2) is 4.40 Å². The maximum absolute atomic E-state index is 10.5. The molecular weight excluding hydrogens is 166 g/mol. The van der Waals surface area contributed by atoms with Gasteiger partial charge in [-0.15, -0.1) is 4.40 Å². The van der Waals surface area contributed by atoms with Crippen molar-refractivity contribution in [1.82, 2.24) is 4.90 Å². The van der Waals surface area contributed by atoms with Gasteiger partial charge in [-0.1, -0.05) is 0 Å². The van der Waals surface area contributed by atoms with Crippen LogP contribution in [0.25, 0.3) is 0 Å². The lowest BCUT2D eigenvalue weighted by atomic mass is 10.4. The van der Waals surface area contributed by atoms with Crippen LogP contribution in [0.5, 0.6) is 0 Å². The summed E-state index contributed by atoms with van der Waals surface area (Å²) in [6.07, 6.45) is 1.65. The van der Waals surface area contributed by atoms with Crippen molar-refractivity contribution in [1.29, 1.82) is 0 Å². The van der Waals surface area contributed by atoms with Crippen molar-refractivity contribution in [3.8, 4) is 0 Å². The maximum Gasteiger partial charge on any atom is 0.318 e. The van der Waals surface area contributed by atoms with Crippen molar-refractivity contribution in [3.05, 3.63) is 0 Å². The van der Waals surface area contributed by atoms with Crippen LogP contribution in [0.3, 0.4) is 0 Å². The molecule has 64 valence electrons. The Hall–Kier alpha value is -0.620. The molecule has 0 aromatic rings. The summed E-state index contributed by atoms with van der Waals surface area (Å²) in [4.78, 5) is 1.80. The smallest absolute Gasteiger partial charge is 0.318 e. The van der Waals surface area contributed by atoms with Crippen molar-refractivity contribution in [2.45, 2.75) is 12.8 Å². The topological polar surface area (TPSA) is 75.8 Å². The number of nitrogens with two attached hydrogens (primary N) is 1. The standard InChI is InChI=1S/C5H11N3O2S/c1-8-4-2-3-5(8)7-11(6,9)10/h2-4H2,1H3,(H2,6,9,10). The highest BCUT2D eigenvalue weighted by atomic mass is 32.2. The van der Waals surface area contributed by atoms with E-state index in [2.05, 4.69) is 4.40 Å². The third kappa shape index (κ3) is 2.47. The molecule has 2 N–H and O–H groups in total. The first-order valence-electron chi connectivity index (χ1n) is 3.32. The summed E-state index contributed by atoms with van der Waals surface area (Å²) >= 11 is 0. The van der Waals surface area contributed by atoms with Gasteiger partial charge in [-0.25, -0.2) is 5.14 Å². The van der Waals surface area contributed by atoms with Gasteiger partial charge in [0.25, 0.3) is 0 Å². The predicted octanol–water partition coefficient (Wildman–Crippen LogP) is -0.686. The molecule has 1 aliphatic heterocycles. The van der Waals surface area contributed by atoms with E-state index in [1.807, 2.05) is 0 Å². The first kappa shape index (κ1) is 8.48. The lowest BCUT2D eigenvalue weighted by Crippen LogP contribution is -2.22. The number of nitrogens with zero attached hydrogens (tertiary/aromatic N) is 2. The van der Waals surface area contributed by atoms with E-state index in [0.29, 0.717) is 12.3 Å². The third-order valence-electron chi connectivity index (χ3n) is 1.57. The Morgan fingerprint density at radius 1 is 1.64 bits per heavy atom. The van der Waals surface area contributed by atoms with Crippen molar-refractivity contribution >= 4 is 16.0 Å². The Balaban J connectivity index is 2.82. The van der Waals surface area contributed by atoms with Gasteiger partial charge in [0.2, 0.25) is 0 Å². The van der Waals surface area contributed by atoms with Gasteiger partial charge in [0.15, 0.2) is 0 Å². The summed E-state index contributed by atoms with van der Waals surface area (Å²) in [6.45, 7) is 0.856. The summed E-state index contributed by atoms with van der Waals surface area (Å²) in [5, 5.41) is 4.74. The van der Waals surface area contributed by atoms with Gasteiger partial charge in [-0.2, -0.15) is 8.42 Å². The summed E-state index contributed by atoms with van der Waals surface area (Å²) in [7, 11) is -1.89. The van der Waals surface area contributed by atoms with E-state index in [1.165, 1.54) is 0 Å². The fraction of sp³-hybridized carbons (Fsp3) is 0.800. The van der Waals surface area contributed by atoms with E-state index in [0.717, 1.165) is 13.0 Å². The summed E-state index contributed by atoms with van der Waals surface area (Å²) in [6, 6.07) is 0. The zero-order chi connectivity index (χ0) is 8.48. The van der Waals surface area contributed by atoms with Crippen molar-refractivity contribution in [2.24, 2.45) is 9.54 Å². The second-order valence-electron chi connectivity index (χ2n) is 2.55. The first-order valence-corrected chi connectivity index (χ1v) is 4.82. The second-order valence-corrected chi connectivity index (χ2v) is 3.76. The average Bonchev–Trinajstić information content (AvgIpc) is 2.12. The van der Waals surface area contributed by atoms with E-state index in [9.17, 15) is 8.42 Å². The molecule has 0 amide bonds. The lowest BCUT2D eigenvalue weighted by Gasteiger charge is -2.09. The highest BCUT2D eigenvalue weighted by Crippen LogP contribution is 2.09. The monoisotopic (exact) mass is 177 g/mol. The highest BCUT2D eigenvalue weighted by Gasteiger charge is 2.15. The van der Waals surface area contributed by atoms with E-state index >= 15 is 0 Å². The number of rotatable bonds is 1. The summed E-state index contributed by atoms with van der Waals surface area (Å²) < 4.78 is 24.4. The first-order chi connectivity index (χ1) is 4.99. The lowest BCUT2D eigenvalue weighted by molar-refractivity contribution is 0.548. The van der Waals surface area contributed by atoms with Crippen LogP contribution in [0.2, 0.25) is 0 Å². The van der Waals surface area contributed by atoms with E-state index < -0.39 is 10.2 Å². The number of hydrogen-bond donors (Lipinski definition) is 1. The Kier molecular flexibility index (Phi) is 2.15. The summed E-state index contributed by atoms with van der Waals surface area (Å²) in [5.41, 5.74) is 0. The number of amidine groups is 1. The van der Waals surface area contributed by atoms with Crippen LogP contribution in [0, 0.1) is 0 Å². The van der Waals surface area contributed by atoms with Gasteiger partial charge in [0.1, 0.15) is 5.84 Å². The largest absolute Gasteiger partial charge is 0.362 e. The Labute approximate surface area is 66.1 Å². The predicted molar refractivity (Wildman–Crippen MR) is 42.4 cm³/mol. The number of likely N-dealkylation sites (tertiary alicyclic amines) is 1. The molecule has 0 atom stereocenters. The summed E-state index contributed by atoms with van der Waals surface area (Å²) in [5.74, 6) is 0.563. The van der Waals surface area contributed by atoms with E-state index in [1.54, 1.807) is 11.9 Å². The SMILES string of the molecule is CN1CCCC1=NS(N)(=O)=O. The van der Waals surface area contributed by atoms with Crippen LogP contribution < -0.4 is 5.14 Å². The molecule has 1 heterocycles. The van der Waals surface area contributed by atoms with Crippen molar-refractivity contribution < 1.29 is 8.42 Å². The third-order valence-corrected chi connectivity index (χ3v) is 2.03. The minimum Gasteiger partial charge on any atom is -0.362 e. The molecule has 0 spiro atoms. The molecule has 1 rings (SSSR count). The van der Waals surface area contributed by atoms with Gasteiger partial charge < -0.3 is 4.90 Å². The molecule has 0 bridgehead atoms.